The summed E-state index contributed by atoms with van der Waals surface area (Å²) in [5.41, 5.74) is -18.3. The summed E-state index contributed by atoms with van der Waals surface area (Å²) in [6.07, 6.45) is 0. The highest BCUT2D eigenvalue weighted by Crippen LogP contribution is 2.67. The van der Waals surface area contributed by atoms with Crippen molar-refractivity contribution in [3.8, 4) is 0 Å². The van der Waals surface area contributed by atoms with E-state index in [1.54, 1.807) is 0 Å². The summed E-state index contributed by atoms with van der Waals surface area (Å²) in [4.78, 5) is 0. The normalized spacial score (nSPS) is 55.3. The third kappa shape index (κ3) is 1.13. The van der Waals surface area contributed by atoms with Crippen LogP contribution in [0.15, 0.2) is 0 Å². The van der Waals surface area contributed by atoms with E-state index < -0.39 is 34.5 Å². The predicted molar refractivity (Wildman–Crippen MR) is 47.9 cm³/mol. The summed E-state index contributed by atoms with van der Waals surface area (Å²) in [5, 5.41) is 0. The van der Waals surface area contributed by atoms with Gasteiger partial charge in [0.05, 0.1) is 0 Å². The van der Waals surface area contributed by atoms with Crippen molar-refractivity contribution in [3.05, 3.63) is 0 Å². The Morgan fingerprint density at radius 2 is 0.500 bits per heavy atom. The fourth-order valence-corrected chi connectivity index (χ4v) is 2.06. The van der Waals surface area contributed by atoms with E-state index in [1.165, 1.54) is 0 Å². The van der Waals surface area contributed by atoms with E-state index in [9.17, 15) is 35.1 Å². The maximum Gasteiger partial charge on any atom is 0.320 e. The summed E-state index contributed by atoms with van der Waals surface area (Å²) in [6, 6.07) is 0. The van der Waals surface area contributed by atoms with Gasteiger partial charge in [0, 0.05) is 0 Å². The Morgan fingerprint density at radius 3 is 0.611 bits per heavy atom. The molecule has 1 aliphatic carbocycles. The Morgan fingerprint density at radius 1 is 0.389 bits per heavy atom. The molecule has 0 aromatic rings. The standard InChI is InChI=1S/C10H12F8/c1-5(11)6(2,12)10(17,18)8(4,14)7(3,13)9(5,15)16/h1-4H3. The minimum atomic E-state index is -5.27. The van der Waals surface area contributed by atoms with E-state index in [0.29, 0.717) is 0 Å². The van der Waals surface area contributed by atoms with E-state index in [-0.39, 0.29) is 27.7 Å². The first-order valence-corrected chi connectivity index (χ1v) is 5.01. The first-order valence-electron chi connectivity index (χ1n) is 5.01. The molecule has 0 aromatic heterocycles. The number of hydrogen-bond acceptors (Lipinski definition) is 0. The van der Waals surface area contributed by atoms with Gasteiger partial charge >= 0.3 is 11.8 Å². The van der Waals surface area contributed by atoms with Crippen molar-refractivity contribution >= 4 is 0 Å². The maximum absolute atomic E-state index is 13.7. The summed E-state index contributed by atoms with van der Waals surface area (Å²) in [7, 11) is 0. The van der Waals surface area contributed by atoms with E-state index in [0.717, 1.165) is 0 Å². The molecule has 0 aliphatic heterocycles. The number of rotatable bonds is 0. The Balaban J connectivity index is 3.72. The van der Waals surface area contributed by atoms with Crippen LogP contribution in [-0.4, -0.2) is 34.5 Å². The minimum absolute atomic E-state index is 0.200. The van der Waals surface area contributed by atoms with Crippen LogP contribution in [0.2, 0.25) is 0 Å². The van der Waals surface area contributed by atoms with Crippen molar-refractivity contribution in [3.63, 3.8) is 0 Å². The number of hydrogen-bond donors (Lipinski definition) is 0. The largest absolute Gasteiger partial charge is 0.320 e. The predicted octanol–water partition coefficient (Wildman–Crippen LogP) is 4.18. The monoisotopic (exact) mass is 284 g/mol. The smallest absolute Gasteiger partial charge is 0.234 e. The van der Waals surface area contributed by atoms with Crippen LogP contribution in [0.3, 0.4) is 0 Å². The van der Waals surface area contributed by atoms with Crippen LogP contribution in [0.1, 0.15) is 27.7 Å². The third-order valence-electron chi connectivity index (χ3n) is 4.12. The quantitative estimate of drug-likeness (QED) is 0.585. The van der Waals surface area contributed by atoms with Crippen molar-refractivity contribution in [2.45, 2.75) is 62.2 Å². The molecule has 0 heterocycles. The summed E-state index contributed by atoms with van der Waals surface area (Å²) >= 11 is 0. The minimum Gasteiger partial charge on any atom is -0.234 e. The van der Waals surface area contributed by atoms with Crippen molar-refractivity contribution in [1.29, 1.82) is 0 Å². The fourth-order valence-electron chi connectivity index (χ4n) is 2.06. The lowest BCUT2D eigenvalue weighted by Gasteiger charge is -2.58. The zero-order valence-electron chi connectivity index (χ0n) is 10.0. The fraction of sp³-hybridized carbons (Fsp3) is 1.00. The molecule has 18 heavy (non-hydrogen) atoms. The second-order valence-corrected chi connectivity index (χ2v) is 5.16. The highest BCUT2D eigenvalue weighted by Gasteiger charge is 2.91. The van der Waals surface area contributed by atoms with Crippen molar-refractivity contribution < 1.29 is 35.1 Å². The highest BCUT2D eigenvalue weighted by molar-refractivity contribution is 5.30. The summed E-state index contributed by atoms with van der Waals surface area (Å²) in [5.74, 6) is -10.5. The molecule has 0 N–H and O–H groups in total. The molecule has 0 radical (unpaired) electrons. The van der Waals surface area contributed by atoms with Crippen LogP contribution in [0.5, 0.6) is 0 Å². The molecule has 1 fully saturated rings. The molecule has 1 aliphatic rings. The average molecular weight is 284 g/mol. The Bertz CT molecular complexity index is 249. The Hall–Kier alpha value is -0.560. The molecule has 0 amide bonds. The van der Waals surface area contributed by atoms with Gasteiger partial charge in [0.1, 0.15) is 0 Å². The Kier molecular flexibility index (Phi) is 2.69. The lowest BCUT2D eigenvalue weighted by Crippen LogP contribution is -2.84. The van der Waals surface area contributed by atoms with Gasteiger partial charge in [0.2, 0.25) is 22.7 Å². The number of halogens is 8. The van der Waals surface area contributed by atoms with Crippen LogP contribution in [0, 0.1) is 0 Å². The van der Waals surface area contributed by atoms with E-state index in [1.807, 2.05) is 0 Å². The van der Waals surface area contributed by atoms with Crippen LogP contribution >= 0.6 is 0 Å². The van der Waals surface area contributed by atoms with E-state index in [4.69, 9.17) is 0 Å². The van der Waals surface area contributed by atoms with Gasteiger partial charge in [-0.05, 0) is 27.7 Å². The Labute approximate surface area is 98.3 Å². The van der Waals surface area contributed by atoms with Gasteiger partial charge in [-0.3, -0.25) is 0 Å². The van der Waals surface area contributed by atoms with Crippen LogP contribution in [0.25, 0.3) is 0 Å². The van der Waals surface area contributed by atoms with Gasteiger partial charge in [-0.1, -0.05) is 0 Å². The lowest BCUT2D eigenvalue weighted by atomic mass is 9.59. The van der Waals surface area contributed by atoms with Crippen molar-refractivity contribution in [2.75, 3.05) is 0 Å². The molecule has 0 bridgehead atoms. The third-order valence-corrected chi connectivity index (χ3v) is 4.12. The zero-order valence-corrected chi connectivity index (χ0v) is 10.0. The molecule has 0 saturated heterocycles. The van der Waals surface area contributed by atoms with Gasteiger partial charge < -0.3 is 0 Å². The molecule has 108 valence electrons. The molecule has 1 saturated carbocycles. The maximum atomic E-state index is 13.7. The molecular formula is C10H12F8. The number of alkyl halides is 8. The molecule has 8 heteroatoms. The second-order valence-electron chi connectivity index (χ2n) is 5.16. The van der Waals surface area contributed by atoms with E-state index in [2.05, 4.69) is 0 Å². The van der Waals surface area contributed by atoms with Crippen molar-refractivity contribution in [1.82, 2.24) is 0 Å². The SMILES string of the molecule is CC1(F)C(C)(F)C(F)(F)C(C)(F)C(C)(F)C1(F)F. The highest BCUT2D eigenvalue weighted by atomic mass is 19.3. The van der Waals surface area contributed by atoms with Crippen LogP contribution < -0.4 is 0 Å². The topological polar surface area (TPSA) is 0 Å². The first-order chi connectivity index (χ1) is 7.50. The molecule has 4 unspecified atom stereocenters. The molecule has 0 nitrogen and oxygen atoms in total. The van der Waals surface area contributed by atoms with Crippen LogP contribution in [0.4, 0.5) is 35.1 Å². The lowest BCUT2D eigenvalue weighted by molar-refractivity contribution is -0.393. The summed E-state index contributed by atoms with van der Waals surface area (Å²) in [6.45, 7) is -0.802. The van der Waals surface area contributed by atoms with Crippen LogP contribution in [-0.2, 0) is 0 Å². The van der Waals surface area contributed by atoms with Gasteiger partial charge in [0.25, 0.3) is 0 Å². The summed E-state index contributed by atoms with van der Waals surface area (Å²) < 4.78 is 109. The zero-order chi connectivity index (χ0) is 15.0. The molecule has 0 spiro atoms. The molecule has 0 aromatic carbocycles. The van der Waals surface area contributed by atoms with Gasteiger partial charge in [-0.2, -0.15) is 17.6 Å². The van der Waals surface area contributed by atoms with Gasteiger partial charge in [-0.25, -0.2) is 17.6 Å². The van der Waals surface area contributed by atoms with Crippen molar-refractivity contribution in [2.24, 2.45) is 0 Å². The van der Waals surface area contributed by atoms with E-state index >= 15 is 0 Å². The molecular weight excluding hydrogens is 272 g/mol. The van der Waals surface area contributed by atoms with Gasteiger partial charge in [0.15, 0.2) is 0 Å². The average Bonchev–Trinajstić information content (AvgIpc) is 2.14. The molecule has 1 rings (SSSR count). The second kappa shape index (κ2) is 3.12. The van der Waals surface area contributed by atoms with Gasteiger partial charge in [-0.15, -0.1) is 0 Å². The first kappa shape index (κ1) is 15.5. The molecule has 4 atom stereocenters.